The molecular weight excluding hydrogens is 514 g/mol. The van der Waals surface area contributed by atoms with Gasteiger partial charge in [-0.1, -0.05) is 158 Å². The molecule has 4 aromatic rings. The summed E-state index contributed by atoms with van der Waals surface area (Å²) < 4.78 is 0. The third-order valence-electron chi connectivity index (χ3n) is 6.94. The molecule has 0 bridgehead atoms. The summed E-state index contributed by atoms with van der Waals surface area (Å²) in [6.07, 6.45) is 0.154. The Kier molecular flexibility index (Phi) is 8.33. The second-order valence-corrected chi connectivity index (χ2v) is 17.6. The van der Waals surface area contributed by atoms with Crippen molar-refractivity contribution in [3.05, 3.63) is 121 Å². The maximum atomic E-state index is 6.55. The highest BCUT2D eigenvalue weighted by Gasteiger charge is 2.35. The Morgan fingerprint density at radius 2 is 0.694 bits per heavy atom. The van der Waals surface area contributed by atoms with Crippen LogP contribution in [0, 0.1) is 0 Å². The van der Waals surface area contributed by atoms with Crippen molar-refractivity contribution in [2.45, 2.75) is 37.8 Å². The van der Waals surface area contributed by atoms with E-state index in [4.69, 9.17) is 23.6 Å². The van der Waals surface area contributed by atoms with Gasteiger partial charge >= 0.3 is 0 Å². The van der Waals surface area contributed by atoms with E-state index in [0.29, 0.717) is 0 Å². The van der Waals surface area contributed by atoms with Gasteiger partial charge in [0.05, 0.1) is 12.4 Å². The predicted octanol–water partition coefficient (Wildman–Crippen LogP) is 5.57. The Labute approximate surface area is 225 Å². The molecule has 1 fully saturated rings. The van der Waals surface area contributed by atoms with Gasteiger partial charge in [-0.15, -0.1) is 0 Å². The van der Waals surface area contributed by atoms with E-state index in [1.807, 2.05) is 0 Å². The van der Waals surface area contributed by atoms with Crippen molar-refractivity contribution >= 4 is 57.2 Å². The molecule has 0 saturated heterocycles. The summed E-state index contributed by atoms with van der Waals surface area (Å²) >= 11 is 13.1. The summed E-state index contributed by atoms with van der Waals surface area (Å²) in [5.41, 5.74) is 0. The smallest absolute Gasteiger partial charge is 0.0687 e. The van der Waals surface area contributed by atoms with E-state index in [9.17, 15) is 0 Å². The third kappa shape index (κ3) is 5.50. The van der Waals surface area contributed by atoms with Gasteiger partial charge in [0.1, 0.15) is 0 Å². The van der Waals surface area contributed by atoms with Crippen molar-refractivity contribution in [2.24, 2.45) is 0 Å². The first-order valence-corrected chi connectivity index (χ1v) is 18.2. The van der Waals surface area contributed by atoms with E-state index in [2.05, 4.69) is 132 Å². The molecule has 1 aliphatic rings. The summed E-state index contributed by atoms with van der Waals surface area (Å²) in [5.74, 6) is 0. The molecule has 6 heteroatoms. The molecule has 0 amide bonds. The Hall–Kier alpha value is -1.90. The highest BCUT2D eigenvalue weighted by Crippen LogP contribution is 2.45. The van der Waals surface area contributed by atoms with Crippen LogP contribution < -0.4 is 31.4 Å². The summed E-state index contributed by atoms with van der Waals surface area (Å²) in [4.78, 5) is 0. The summed E-state index contributed by atoms with van der Waals surface area (Å²) in [7, 11) is 0. The number of benzene rings is 4. The standard InChI is InChI=1S/C30H32N2P2S2/c35-33(25-15-5-1-6-16-25,26-17-7-2-8-18-26)31-29-23-13-14-24-30(29)32-34(36,27-19-9-3-10-20-27)28-21-11-4-12-22-28/h1-12,15-22,29-30H,13-14,23-24H2,(H,31,35)(H,32,36)/t29-,30-/m0/s1. The lowest BCUT2D eigenvalue weighted by Gasteiger charge is -2.40. The summed E-state index contributed by atoms with van der Waals surface area (Å²) in [5, 5.41) is 13.0. The number of hydrogen-bond donors (Lipinski definition) is 2. The van der Waals surface area contributed by atoms with Crippen LogP contribution in [0.3, 0.4) is 0 Å². The maximum absolute atomic E-state index is 6.55. The van der Waals surface area contributed by atoms with Gasteiger partial charge in [0, 0.05) is 33.3 Å². The van der Waals surface area contributed by atoms with Gasteiger partial charge in [0.15, 0.2) is 0 Å². The van der Waals surface area contributed by atoms with Gasteiger partial charge in [0.25, 0.3) is 0 Å². The fourth-order valence-electron chi connectivity index (χ4n) is 5.05. The third-order valence-corrected chi connectivity index (χ3v) is 15.6. The Morgan fingerprint density at radius 3 is 0.944 bits per heavy atom. The molecule has 2 N–H and O–H groups in total. The topological polar surface area (TPSA) is 24.1 Å². The average molecular weight is 547 g/mol. The molecule has 2 atom stereocenters. The molecule has 184 valence electrons. The Morgan fingerprint density at radius 1 is 0.444 bits per heavy atom. The van der Waals surface area contributed by atoms with Crippen LogP contribution in [0.1, 0.15) is 25.7 Å². The van der Waals surface area contributed by atoms with Gasteiger partial charge in [-0.05, 0) is 12.8 Å². The summed E-state index contributed by atoms with van der Waals surface area (Å²) in [6, 6.07) is 43.0. The molecule has 4 aromatic carbocycles. The number of rotatable bonds is 8. The SMILES string of the molecule is S=P(N[C@H]1CCCC[C@@H]1NP(=S)(c1ccccc1)c1ccccc1)(c1ccccc1)c1ccccc1. The van der Waals surface area contributed by atoms with Crippen molar-refractivity contribution in [3.8, 4) is 0 Å². The van der Waals surface area contributed by atoms with Crippen LogP contribution in [0.2, 0.25) is 0 Å². The fraction of sp³-hybridized carbons (Fsp3) is 0.200. The molecular formula is C30H32N2P2S2. The molecule has 1 aliphatic carbocycles. The van der Waals surface area contributed by atoms with Crippen LogP contribution in [0.4, 0.5) is 0 Å². The van der Waals surface area contributed by atoms with Crippen molar-refractivity contribution in [1.29, 1.82) is 0 Å². The van der Waals surface area contributed by atoms with Gasteiger partial charge in [-0.25, -0.2) is 0 Å². The lowest BCUT2D eigenvalue weighted by molar-refractivity contribution is 0.350. The van der Waals surface area contributed by atoms with E-state index >= 15 is 0 Å². The molecule has 2 nitrogen and oxygen atoms in total. The zero-order chi connectivity index (χ0) is 24.8. The quantitative estimate of drug-likeness (QED) is 0.282. The fourth-order valence-corrected chi connectivity index (χ4v) is 12.4. The summed E-state index contributed by atoms with van der Waals surface area (Å²) in [6.45, 7) is 0. The van der Waals surface area contributed by atoms with Crippen LogP contribution in [-0.2, 0) is 23.6 Å². The first kappa shape index (κ1) is 25.7. The van der Waals surface area contributed by atoms with Gasteiger partial charge in [0.2, 0.25) is 0 Å². The maximum Gasteiger partial charge on any atom is 0.0687 e. The molecule has 5 rings (SSSR count). The van der Waals surface area contributed by atoms with E-state index in [-0.39, 0.29) is 12.1 Å². The van der Waals surface area contributed by atoms with Crippen LogP contribution in [-0.4, -0.2) is 12.1 Å². The van der Waals surface area contributed by atoms with Gasteiger partial charge in [-0.3, -0.25) is 10.2 Å². The van der Waals surface area contributed by atoms with Gasteiger partial charge in [-0.2, -0.15) is 0 Å². The molecule has 0 spiro atoms. The largest absolute Gasteiger partial charge is 0.277 e. The molecule has 36 heavy (non-hydrogen) atoms. The van der Waals surface area contributed by atoms with Crippen molar-refractivity contribution in [1.82, 2.24) is 10.2 Å². The van der Waals surface area contributed by atoms with E-state index in [1.165, 1.54) is 34.1 Å². The van der Waals surface area contributed by atoms with Crippen molar-refractivity contribution in [3.63, 3.8) is 0 Å². The highest BCUT2D eigenvalue weighted by atomic mass is 32.4. The van der Waals surface area contributed by atoms with Crippen LogP contribution in [0.15, 0.2) is 121 Å². The lowest BCUT2D eigenvalue weighted by Crippen LogP contribution is -2.51. The first-order valence-electron chi connectivity index (χ1n) is 12.6. The van der Waals surface area contributed by atoms with Gasteiger partial charge < -0.3 is 0 Å². The molecule has 0 aliphatic heterocycles. The monoisotopic (exact) mass is 546 g/mol. The second kappa shape index (κ2) is 11.7. The second-order valence-electron chi connectivity index (χ2n) is 9.32. The number of hydrogen-bond acceptors (Lipinski definition) is 2. The van der Waals surface area contributed by atoms with E-state index < -0.39 is 12.4 Å². The van der Waals surface area contributed by atoms with Crippen molar-refractivity contribution < 1.29 is 0 Å². The zero-order valence-electron chi connectivity index (χ0n) is 20.2. The first-order chi connectivity index (χ1) is 17.6. The Balaban J connectivity index is 1.52. The molecule has 0 unspecified atom stereocenters. The molecule has 1 saturated carbocycles. The predicted molar refractivity (Wildman–Crippen MR) is 165 cm³/mol. The minimum absolute atomic E-state index is 0.250. The lowest BCUT2D eigenvalue weighted by atomic mass is 9.92. The van der Waals surface area contributed by atoms with Crippen molar-refractivity contribution in [2.75, 3.05) is 0 Å². The normalized spacial score (nSPS) is 18.6. The molecule has 0 radical (unpaired) electrons. The van der Waals surface area contributed by atoms with Crippen LogP contribution in [0.5, 0.6) is 0 Å². The van der Waals surface area contributed by atoms with E-state index in [1.54, 1.807) is 0 Å². The van der Waals surface area contributed by atoms with Crippen LogP contribution >= 0.6 is 12.4 Å². The van der Waals surface area contributed by atoms with E-state index in [0.717, 1.165) is 12.8 Å². The van der Waals surface area contributed by atoms with Crippen LogP contribution in [0.25, 0.3) is 0 Å². The number of nitrogens with one attached hydrogen (secondary N) is 2. The molecule has 0 aromatic heterocycles. The molecule has 0 heterocycles. The average Bonchev–Trinajstić information content (AvgIpc) is 2.96. The highest BCUT2D eigenvalue weighted by molar-refractivity contribution is 8.21. The Bertz CT molecular complexity index is 1160. The zero-order valence-corrected chi connectivity index (χ0v) is 23.7. The minimum Gasteiger partial charge on any atom is -0.277 e. The minimum atomic E-state index is -2.22.